The molecule has 0 atom stereocenters. The molecule has 0 spiro atoms. The molecule has 9 aromatic rings. The lowest BCUT2D eigenvalue weighted by Gasteiger charge is -2.21. The van der Waals surface area contributed by atoms with Crippen LogP contribution >= 0.6 is 0 Å². The fourth-order valence-electron chi connectivity index (χ4n) is 7.40. The molecule has 0 N–H and O–H groups in total. The van der Waals surface area contributed by atoms with Crippen LogP contribution in [0.2, 0.25) is 0 Å². The Bertz CT molecular complexity index is 2460. The summed E-state index contributed by atoms with van der Waals surface area (Å²) < 4.78 is 0. The number of hydrogen-bond acceptors (Lipinski definition) is 0. The number of rotatable bonds is 5. The van der Waals surface area contributed by atoms with E-state index in [1.165, 1.54) is 88.0 Å². The van der Waals surface area contributed by atoms with Gasteiger partial charge in [-0.3, -0.25) is 0 Å². The summed E-state index contributed by atoms with van der Waals surface area (Å²) in [6.45, 7) is 0. The molecule has 0 radical (unpaired) electrons. The standard InChI is InChI=1S/C48H32/c1-4-16-33(17-5-1)38-28-39(34-18-6-2-7-19-34)30-40(29-38)47-41-24-12-14-26-43(41)48(44-27-15-13-25-42(44)47)46-32-37-23-11-10-22-36(37)31-45(46)35-20-8-3-9-21-35/h1-32H. The molecule has 0 fully saturated rings. The molecule has 0 amide bonds. The molecule has 0 heterocycles. The molecule has 0 aliphatic rings. The minimum atomic E-state index is 1.21. The van der Waals surface area contributed by atoms with E-state index in [9.17, 15) is 0 Å². The molecule has 48 heavy (non-hydrogen) atoms. The summed E-state index contributed by atoms with van der Waals surface area (Å²) in [4.78, 5) is 0. The van der Waals surface area contributed by atoms with E-state index < -0.39 is 0 Å². The topological polar surface area (TPSA) is 0 Å². The van der Waals surface area contributed by atoms with Gasteiger partial charge in [0.2, 0.25) is 0 Å². The van der Waals surface area contributed by atoms with Crippen LogP contribution in [-0.2, 0) is 0 Å². The van der Waals surface area contributed by atoms with Gasteiger partial charge in [0.05, 0.1) is 0 Å². The lowest BCUT2D eigenvalue weighted by atomic mass is 9.82. The van der Waals surface area contributed by atoms with Crippen molar-refractivity contribution in [1.82, 2.24) is 0 Å². The van der Waals surface area contributed by atoms with E-state index in [0.29, 0.717) is 0 Å². The lowest BCUT2D eigenvalue weighted by molar-refractivity contribution is 1.58. The predicted octanol–water partition coefficient (Wildman–Crippen LogP) is 13.5. The SMILES string of the molecule is c1ccc(-c2cc(-c3ccccc3)cc(-c3c4ccccc4c(-c4cc5ccccc5cc4-c4ccccc4)c4ccccc34)c2)cc1. The van der Waals surface area contributed by atoms with Gasteiger partial charge in [0.25, 0.3) is 0 Å². The summed E-state index contributed by atoms with van der Waals surface area (Å²) in [5.74, 6) is 0. The van der Waals surface area contributed by atoms with Crippen molar-refractivity contribution < 1.29 is 0 Å². The van der Waals surface area contributed by atoms with Gasteiger partial charge in [0.15, 0.2) is 0 Å². The van der Waals surface area contributed by atoms with Crippen LogP contribution in [0.5, 0.6) is 0 Å². The third-order valence-electron chi connectivity index (χ3n) is 9.61. The van der Waals surface area contributed by atoms with Gasteiger partial charge in [-0.15, -0.1) is 0 Å². The van der Waals surface area contributed by atoms with Crippen LogP contribution in [0.15, 0.2) is 194 Å². The third kappa shape index (κ3) is 4.87. The van der Waals surface area contributed by atoms with Gasteiger partial charge in [-0.2, -0.15) is 0 Å². The maximum absolute atomic E-state index is 2.40. The Morgan fingerprint density at radius 3 is 1.04 bits per heavy atom. The zero-order valence-electron chi connectivity index (χ0n) is 26.5. The molecule has 0 unspecified atom stereocenters. The van der Waals surface area contributed by atoms with Crippen molar-refractivity contribution >= 4 is 32.3 Å². The third-order valence-corrected chi connectivity index (χ3v) is 9.61. The molecule has 0 aliphatic carbocycles. The Hall–Kier alpha value is -6.24. The summed E-state index contributed by atoms with van der Waals surface area (Å²) in [5, 5.41) is 7.50. The summed E-state index contributed by atoms with van der Waals surface area (Å²) in [5.41, 5.74) is 12.3. The smallest absolute Gasteiger partial charge is 0.00199 e. The molecule has 9 aromatic carbocycles. The Morgan fingerprint density at radius 2 is 0.562 bits per heavy atom. The predicted molar refractivity (Wildman–Crippen MR) is 206 cm³/mol. The first-order valence-electron chi connectivity index (χ1n) is 16.6. The van der Waals surface area contributed by atoms with Crippen LogP contribution in [0.1, 0.15) is 0 Å². The van der Waals surface area contributed by atoms with Gasteiger partial charge in [0.1, 0.15) is 0 Å². The summed E-state index contributed by atoms with van der Waals surface area (Å²) in [6, 6.07) is 70.8. The molecule has 0 bridgehead atoms. The average Bonchev–Trinajstić information content (AvgIpc) is 3.17. The van der Waals surface area contributed by atoms with Crippen LogP contribution < -0.4 is 0 Å². The molecule has 0 aromatic heterocycles. The van der Waals surface area contributed by atoms with Crippen LogP contribution in [0.3, 0.4) is 0 Å². The minimum absolute atomic E-state index is 1.21. The maximum Gasteiger partial charge on any atom is -0.00199 e. The van der Waals surface area contributed by atoms with Gasteiger partial charge in [-0.1, -0.05) is 164 Å². The van der Waals surface area contributed by atoms with Gasteiger partial charge >= 0.3 is 0 Å². The molecule has 0 nitrogen and oxygen atoms in total. The molecule has 224 valence electrons. The molecule has 0 saturated heterocycles. The molecule has 0 saturated carbocycles. The Morgan fingerprint density at radius 1 is 0.208 bits per heavy atom. The number of benzene rings is 9. The van der Waals surface area contributed by atoms with Crippen molar-refractivity contribution in [3.05, 3.63) is 194 Å². The molecule has 0 heteroatoms. The first kappa shape index (κ1) is 28.0. The zero-order valence-corrected chi connectivity index (χ0v) is 26.5. The highest BCUT2D eigenvalue weighted by Crippen LogP contribution is 2.48. The van der Waals surface area contributed by atoms with Crippen molar-refractivity contribution in [2.45, 2.75) is 0 Å². The minimum Gasteiger partial charge on any atom is -0.0622 e. The molecule has 9 rings (SSSR count). The monoisotopic (exact) mass is 608 g/mol. The summed E-state index contributed by atoms with van der Waals surface area (Å²) in [7, 11) is 0. The Balaban J connectivity index is 1.39. The molecular weight excluding hydrogens is 577 g/mol. The lowest BCUT2D eigenvalue weighted by Crippen LogP contribution is -1.94. The Labute approximate surface area is 281 Å². The van der Waals surface area contributed by atoms with Gasteiger partial charge in [-0.25, -0.2) is 0 Å². The first-order valence-corrected chi connectivity index (χ1v) is 16.6. The molecular formula is C48H32. The quantitative estimate of drug-likeness (QED) is 0.171. The van der Waals surface area contributed by atoms with Crippen molar-refractivity contribution in [2.75, 3.05) is 0 Å². The summed E-state index contributed by atoms with van der Waals surface area (Å²) in [6.07, 6.45) is 0. The largest absolute Gasteiger partial charge is 0.0622 e. The van der Waals surface area contributed by atoms with Gasteiger partial charge in [0, 0.05) is 0 Å². The van der Waals surface area contributed by atoms with Crippen LogP contribution in [0.4, 0.5) is 0 Å². The van der Waals surface area contributed by atoms with E-state index in [4.69, 9.17) is 0 Å². The van der Waals surface area contributed by atoms with Crippen molar-refractivity contribution in [2.24, 2.45) is 0 Å². The van der Waals surface area contributed by atoms with E-state index in [2.05, 4.69) is 194 Å². The number of fused-ring (bicyclic) bond motifs is 3. The fraction of sp³-hybridized carbons (Fsp3) is 0. The Kier molecular flexibility index (Phi) is 6.91. The van der Waals surface area contributed by atoms with E-state index >= 15 is 0 Å². The molecule has 0 aliphatic heterocycles. The normalized spacial score (nSPS) is 11.3. The van der Waals surface area contributed by atoms with Crippen molar-refractivity contribution in [3.8, 4) is 55.6 Å². The fourth-order valence-corrected chi connectivity index (χ4v) is 7.40. The zero-order chi connectivity index (χ0) is 31.9. The van der Waals surface area contributed by atoms with Crippen LogP contribution in [0.25, 0.3) is 88.0 Å². The highest BCUT2D eigenvalue weighted by Gasteiger charge is 2.20. The second-order valence-electron chi connectivity index (χ2n) is 12.5. The first-order chi connectivity index (χ1) is 23.8. The highest BCUT2D eigenvalue weighted by atomic mass is 14.2. The maximum atomic E-state index is 2.40. The van der Waals surface area contributed by atoms with Crippen molar-refractivity contribution in [1.29, 1.82) is 0 Å². The van der Waals surface area contributed by atoms with Gasteiger partial charge < -0.3 is 0 Å². The highest BCUT2D eigenvalue weighted by molar-refractivity contribution is 6.23. The summed E-state index contributed by atoms with van der Waals surface area (Å²) >= 11 is 0. The number of hydrogen-bond donors (Lipinski definition) is 0. The van der Waals surface area contributed by atoms with Crippen LogP contribution in [0, 0.1) is 0 Å². The second-order valence-corrected chi connectivity index (χ2v) is 12.5. The van der Waals surface area contributed by atoms with Gasteiger partial charge in [-0.05, 0) is 118 Å². The average molecular weight is 609 g/mol. The van der Waals surface area contributed by atoms with E-state index in [1.54, 1.807) is 0 Å². The van der Waals surface area contributed by atoms with E-state index in [0.717, 1.165) is 0 Å². The van der Waals surface area contributed by atoms with E-state index in [-0.39, 0.29) is 0 Å². The van der Waals surface area contributed by atoms with E-state index in [1.807, 2.05) is 0 Å². The van der Waals surface area contributed by atoms with Crippen molar-refractivity contribution in [3.63, 3.8) is 0 Å². The van der Waals surface area contributed by atoms with Crippen LogP contribution in [-0.4, -0.2) is 0 Å². The second kappa shape index (κ2) is 11.8.